The summed E-state index contributed by atoms with van der Waals surface area (Å²) in [6.07, 6.45) is 5.16. The van der Waals surface area contributed by atoms with Crippen LogP contribution in [0.1, 0.15) is 45.4 Å². The van der Waals surface area contributed by atoms with E-state index >= 15 is 0 Å². The van der Waals surface area contributed by atoms with Crippen molar-refractivity contribution >= 4 is 17.7 Å². The van der Waals surface area contributed by atoms with Gasteiger partial charge in [0.15, 0.2) is 0 Å². The Labute approximate surface area is 119 Å². The summed E-state index contributed by atoms with van der Waals surface area (Å²) in [4.78, 5) is 37.6. The molecule has 2 heterocycles. The van der Waals surface area contributed by atoms with Gasteiger partial charge in [0.25, 0.3) is 0 Å². The van der Waals surface area contributed by atoms with Gasteiger partial charge in [0.05, 0.1) is 0 Å². The first-order valence-corrected chi connectivity index (χ1v) is 7.35. The third-order valence-corrected chi connectivity index (χ3v) is 4.26. The van der Waals surface area contributed by atoms with Crippen molar-refractivity contribution in [3.63, 3.8) is 0 Å². The standard InChI is InChI=1S/C14H23N3O3/c1-9(18)16-11-6-4-3-5-10-7-8-12(13(19)15-2)17(10)14(11)20/h10-12H,3-8H2,1-2H3,(H,15,19)(H,16,18)/t10-,11-,12-/m0/s1. The summed E-state index contributed by atoms with van der Waals surface area (Å²) in [5, 5.41) is 5.36. The van der Waals surface area contributed by atoms with E-state index in [4.69, 9.17) is 0 Å². The fourth-order valence-electron chi connectivity index (χ4n) is 3.34. The van der Waals surface area contributed by atoms with Crippen LogP contribution in [-0.4, -0.2) is 47.8 Å². The van der Waals surface area contributed by atoms with Crippen LogP contribution in [0, 0.1) is 0 Å². The zero-order valence-electron chi connectivity index (χ0n) is 12.1. The summed E-state index contributed by atoms with van der Waals surface area (Å²) in [7, 11) is 1.59. The van der Waals surface area contributed by atoms with E-state index in [9.17, 15) is 14.4 Å². The Morgan fingerprint density at radius 1 is 1.15 bits per heavy atom. The number of amides is 3. The van der Waals surface area contributed by atoms with E-state index in [0.29, 0.717) is 12.8 Å². The highest BCUT2D eigenvalue weighted by Gasteiger charge is 2.43. The molecule has 2 N–H and O–H groups in total. The molecule has 0 aliphatic carbocycles. The molecule has 2 fully saturated rings. The fourth-order valence-corrected chi connectivity index (χ4v) is 3.34. The zero-order valence-corrected chi connectivity index (χ0v) is 12.1. The maximum atomic E-state index is 12.7. The molecule has 2 aliphatic rings. The molecule has 0 aromatic carbocycles. The van der Waals surface area contributed by atoms with E-state index in [1.807, 2.05) is 0 Å². The first-order valence-electron chi connectivity index (χ1n) is 7.35. The van der Waals surface area contributed by atoms with E-state index in [1.54, 1.807) is 11.9 Å². The summed E-state index contributed by atoms with van der Waals surface area (Å²) in [6.45, 7) is 1.42. The SMILES string of the molecule is CNC(=O)[C@@H]1CC[C@@H]2CCCC[C@H](NC(C)=O)C(=O)N21. The second-order valence-corrected chi connectivity index (χ2v) is 5.64. The minimum atomic E-state index is -0.486. The third-order valence-electron chi connectivity index (χ3n) is 4.26. The van der Waals surface area contributed by atoms with E-state index in [-0.39, 0.29) is 29.8 Å². The normalized spacial score (nSPS) is 30.2. The average molecular weight is 281 g/mol. The lowest BCUT2D eigenvalue weighted by Gasteiger charge is -2.34. The Hall–Kier alpha value is -1.59. The molecular weight excluding hydrogens is 258 g/mol. The number of hydrogen-bond donors (Lipinski definition) is 2. The number of nitrogens with zero attached hydrogens (tertiary/aromatic N) is 1. The molecule has 0 radical (unpaired) electrons. The maximum absolute atomic E-state index is 12.7. The van der Waals surface area contributed by atoms with Crippen molar-refractivity contribution in [3.8, 4) is 0 Å². The van der Waals surface area contributed by atoms with Gasteiger partial charge in [0, 0.05) is 20.0 Å². The Balaban J connectivity index is 2.20. The maximum Gasteiger partial charge on any atom is 0.246 e. The molecule has 2 saturated heterocycles. The number of rotatable bonds is 2. The molecule has 0 saturated carbocycles. The summed E-state index contributed by atoms with van der Waals surface area (Å²) in [5.74, 6) is -0.407. The van der Waals surface area contributed by atoms with Crippen LogP contribution in [0.4, 0.5) is 0 Å². The third kappa shape index (κ3) is 2.94. The van der Waals surface area contributed by atoms with Crippen molar-refractivity contribution in [2.24, 2.45) is 0 Å². The van der Waals surface area contributed by atoms with Crippen LogP contribution in [0.2, 0.25) is 0 Å². The topological polar surface area (TPSA) is 78.5 Å². The Bertz CT molecular complexity index is 410. The Kier molecular flexibility index (Phi) is 4.62. The molecular formula is C14H23N3O3. The predicted octanol–water partition coefficient (Wildman–Crippen LogP) is 0.171. The minimum Gasteiger partial charge on any atom is -0.357 e. The largest absolute Gasteiger partial charge is 0.357 e. The molecule has 0 bridgehead atoms. The second kappa shape index (κ2) is 6.24. The first kappa shape index (κ1) is 14.8. The molecule has 6 heteroatoms. The van der Waals surface area contributed by atoms with Crippen molar-refractivity contribution in [1.82, 2.24) is 15.5 Å². The highest BCUT2D eigenvalue weighted by Crippen LogP contribution is 2.31. The molecule has 3 atom stereocenters. The van der Waals surface area contributed by atoms with Gasteiger partial charge in [-0.15, -0.1) is 0 Å². The minimum absolute atomic E-state index is 0.101. The van der Waals surface area contributed by atoms with Gasteiger partial charge in [-0.3, -0.25) is 14.4 Å². The van der Waals surface area contributed by atoms with Gasteiger partial charge in [0.1, 0.15) is 12.1 Å². The van der Waals surface area contributed by atoms with Crippen molar-refractivity contribution in [2.75, 3.05) is 7.05 Å². The van der Waals surface area contributed by atoms with Crippen LogP contribution in [0.5, 0.6) is 0 Å². The number of carbonyl (C=O) groups is 3. The van der Waals surface area contributed by atoms with Crippen LogP contribution in [0.25, 0.3) is 0 Å². The predicted molar refractivity (Wildman–Crippen MR) is 73.8 cm³/mol. The highest BCUT2D eigenvalue weighted by atomic mass is 16.2. The van der Waals surface area contributed by atoms with Gasteiger partial charge >= 0.3 is 0 Å². The Morgan fingerprint density at radius 3 is 2.50 bits per heavy atom. The van der Waals surface area contributed by atoms with Crippen LogP contribution in [0.3, 0.4) is 0 Å². The van der Waals surface area contributed by atoms with E-state index in [0.717, 1.165) is 25.7 Å². The van der Waals surface area contributed by atoms with Gasteiger partial charge in [-0.2, -0.15) is 0 Å². The fraction of sp³-hybridized carbons (Fsp3) is 0.786. The lowest BCUT2D eigenvalue weighted by atomic mass is 9.99. The Morgan fingerprint density at radius 2 is 1.85 bits per heavy atom. The molecule has 3 amide bonds. The highest BCUT2D eigenvalue weighted by molar-refractivity contribution is 5.92. The van der Waals surface area contributed by atoms with E-state index in [1.165, 1.54) is 6.92 Å². The molecule has 0 unspecified atom stereocenters. The van der Waals surface area contributed by atoms with Crippen molar-refractivity contribution < 1.29 is 14.4 Å². The number of fused-ring (bicyclic) bond motifs is 1. The molecule has 20 heavy (non-hydrogen) atoms. The van der Waals surface area contributed by atoms with E-state index < -0.39 is 6.04 Å². The van der Waals surface area contributed by atoms with Gasteiger partial charge < -0.3 is 15.5 Å². The van der Waals surface area contributed by atoms with Crippen molar-refractivity contribution in [3.05, 3.63) is 0 Å². The molecule has 6 nitrogen and oxygen atoms in total. The van der Waals surface area contributed by atoms with Crippen LogP contribution < -0.4 is 10.6 Å². The smallest absolute Gasteiger partial charge is 0.246 e. The van der Waals surface area contributed by atoms with Gasteiger partial charge in [-0.05, 0) is 25.7 Å². The monoisotopic (exact) mass is 281 g/mol. The van der Waals surface area contributed by atoms with Gasteiger partial charge in [-0.1, -0.05) is 12.8 Å². The number of hydrogen-bond acceptors (Lipinski definition) is 3. The van der Waals surface area contributed by atoms with Crippen molar-refractivity contribution in [2.45, 2.75) is 63.6 Å². The zero-order chi connectivity index (χ0) is 14.7. The molecule has 0 aromatic heterocycles. The van der Waals surface area contributed by atoms with Crippen LogP contribution in [0.15, 0.2) is 0 Å². The summed E-state index contributed by atoms with van der Waals surface area (Å²) < 4.78 is 0. The molecule has 2 aliphatic heterocycles. The van der Waals surface area contributed by atoms with Crippen molar-refractivity contribution in [1.29, 1.82) is 0 Å². The number of likely N-dealkylation sites (N-methyl/N-ethyl adjacent to an activating group) is 1. The summed E-state index contributed by atoms with van der Waals surface area (Å²) >= 11 is 0. The van der Waals surface area contributed by atoms with Gasteiger partial charge in [0.2, 0.25) is 17.7 Å². The quantitative estimate of drug-likeness (QED) is 0.757. The van der Waals surface area contributed by atoms with Crippen LogP contribution >= 0.6 is 0 Å². The molecule has 2 rings (SSSR count). The number of nitrogens with one attached hydrogen (secondary N) is 2. The lowest BCUT2D eigenvalue weighted by molar-refractivity contribution is -0.143. The molecule has 112 valence electrons. The molecule has 0 aromatic rings. The molecule has 0 spiro atoms. The van der Waals surface area contributed by atoms with E-state index in [2.05, 4.69) is 10.6 Å². The first-order chi connectivity index (χ1) is 9.54. The summed E-state index contributed by atoms with van der Waals surface area (Å²) in [5.41, 5.74) is 0. The van der Waals surface area contributed by atoms with Crippen LogP contribution in [-0.2, 0) is 14.4 Å². The summed E-state index contributed by atoms with van der Waals surface area (Å²) in [6, 6.07) is -0.728. The average Bonchev–Trinajstić information content (AvgIpc) is 2.81. The lowest BCUT2D eigenvalue weighted by Crippen LogP contribution is -2.55. The number of carbonyl (C=O) groups excluding carboxylic acids is 3. The van der Waals surface area contributed by atoms with Gasteiger partial charge in [-0.25, -0.2) is 0 Å². The second-order valence-electron chi connectivity index (χ2n) is 5.64.